The molecule has 0 fully saturated rings. The quantitative estimate of drug-likeness (QED) is 0.637. The minimum absolute atomic E-state index is 0.0366. The van der Waals surface area contributed by atoms with Crippen LogP contribution in [0.2, 0.25) is 0 Å². The van der Waals surface area contributed by atoms with Gasteiger partial charge in [-0.15, -0.1) is 0 Å². The van der Waals surface area contributed by atoms with Crippen molar-refractivity contribution >= 4 is 11.9 Å². The summed E-state index contributed by atoms with van der Waals surface area (Å²) in [6.45, 7) is 5.52. The van der Waals surface area contributed by atoms with E-state index < -0.39 is 0 Å². The molecule has 1 atom stereocenters. The number of likely N-dealkylation sites (N-methyl/N-ethyl adjacent to an activating group) is 1. The second-order valence-electron chi connectivity index (χ2n) is 3.83. The number of hydrogen-bond acceptors (Lipinski definition) is 4. The van der Waals surface area contributed by atoms with E-state index in [-0.39, 0.29) is 17.8 Å². The Balaban J connectivity index is 4.21. The van der Waals surface area contributed by atoms with Crippen LogP contribution in [-0.2, 0) is 14.3 Å². The molecule has 0 saturated heterocycles. The lowest BCUT2D eigenvalue weighted by Gasteiger charge is -2.23. The average Bonchev–Trinajstić information content (AvgIpc) is 2.27. The molecular formula is C11H22N2O3. The number of nitrogens with zero attached hydrogens (tertiary/aromatic N) is 1. The molecule has 0 aromatic carbocycles. The van der Waals surface area contributed by atoms with Gasteiger partial charge in [0.1, 0.15) is 0 Å². The summed E-state index contributed by atoms with van der Waals surface area (Å²) in [5.41, 5.74) is 0. The van der Waals surface area contributed by atoms with Crippen molar-refractivity contribution in [3.8, 4) is 0 Å². The first-order chi connectivity index (χ1) is 7.54. The predicted molar refractivity (Wildman–Crippen MR) is 62.0 cm³/mol. The molecule has 0 heterocycles. The fraction of sp³-hybridized carbons (Fsp3) is 0.818. The van der Waals surface area contributed by atoms with Crippen LogP contribution in [-0.4, -0.2) is 50.6 Å². The summed E-state index contributed by atoms with van der Waals surface area (Å²) in [5, 5.41) is 2.57. The van der Waals surface area contributed by atoms with Gasteiger partial charge < -0.3 is 10.1 Å². The van der Waals surface area contributed by atoms with E-state index in [2.05, 4.69) is 10.1 Å². The van der Waals surface area contributed by atoms with Gasteiger partial charge in [0, 0.05) is 13.6 Å². The van der Waals surface area contributed by atoms with Crippen LogP contribution in [0.15, 0.2) is 0 Å². The lowest BCUT2D eigenvalue weighted by molar-refractivity contribution is -0.145. The van der Waals surface area contributed by atoms with Crippen molar-refractivity contribution < 1.29 is 14.3 Å². The monoisotopic (exact) mass is 230 g/mol. The molecule has 0 rings (SSSR count). The molecule has 0 aliphatic carbocycles. The largest absolute Gasteiger partial charge is 0.469 e. The molecule has 0 aliphatic heterocycles. The van der Waals surface area contributed by atoms with Crippen LogP contribution in [0.5, 0.6) is 0 Å². The Labute approximate surface area is 97.1 Å². The van der Waals surface area contributed by atoms with E-state index in [0.717, 1.165) is 13.0 Å². The summed E-state index contributed by atoms with van der Waals surface area (Å²) in [7, 11) is 2.98. The molecule has 0 radical (unpaired) electrons. The average molecular weight is 230 g/mol. The van der Waals surface area contributed by atoms with Crippen molar-refractivity contribution in [2.45, 2.75) is 20.3 Å². The first-order valence-electron chi connectivity index (χ1n) is 5.55. The maximum absolute atomic E-state index is 11.3. The molecule has 1 N–H and O–H groups in total. The van der Waals surface area contributed by atoms with E-state index in [9.17, 15) is 9.59 Å². The Morgan fingerprint density at radius 3 is 2.50 bits per heavy atom. The molecule has 0 aliphatic rings. The Bertz CT molecular complexity index is 231. The van der Waals surface area contributed by atoms with Gasteiger partial charge in [0.25, 0.3) is 0 Å². The number of carbonyl (C=O) groups is 2. The summed E-state index contributed by atoms with van der Waals surface area (Å²) in [6, 6.07) is 0. The van der Waals surface area contributed by atoms with Crippen molar-refractivity contribution in [3.05, 3.63) is 0 Å². The predicted octanol–water partition coefficient (Wildman–Crippen LogP) is 0.254. The van der Waals surface area contributed by atoms with E-state index >= 15 is 0 Å². The SMILES string of the molecule is CCCN(CC(=O)NC)CC(C)C(=O)OC. The number of amides is 1. The molecule has 94 valence electrons. The maximum atomic E-state index is 11.3. The fourth-order valence-corrected chi connectivity index (χ4v) is 1.50. The second kappa shape index (κ2) is 8.10. The summed E-state index contributed by atoms with van der Waals surface area (Å²) in [5.74, 6) is -0.482. The van der Waals surface area contributed by atoms with Crippen molar-refractivity contribution in [2.24, 2.45) is 5.92 Å². The van der Waals surface area contributed by atoms with Gasteiger partial charge >= 0.3 is 5.97 Å². The van der Waals surface area contributed by atoms with Gasteiger partial charge in [-0.2, -0.15) is 0 Å². The minimum Gasteiger partial charge on any atom is -0.469 e. The Morgan fingerprint density at radius 2 is 2.06 bits per heavy atom. The van der Waals surface area contributed by atoms with Crippen LogP contribution in [0.4, 0.5) is 0 Å². The fourth-order valence-electron chi connectivity index (χ4n) is 1.50. The number of methoxy groups -OCH3 is 1. The van der Waals surface area contributed by atoms with Crippen LogP contribution in [0.3, 0.4) is 0 Å². The summed E-state index contributed by atoms with van der Waals surface area (Å²) in [6.07, 6.45) is 0.949. The van der Waals surface area contributed by atoms with Gasteiger partial charge in [0.05, 0.1) is 19.6 Å². The normalized spacial score (nSPS) is 12.3. The summed E-state index contributed by atoms with van der Waals surface area (Å²) in [4.78, 5) is 24.5. The number of esters is 1. The highest BCUT2D eigenvalue weighted by Gasteiger charge is 2.18. The van der Waals surface area contributed by atoms with E-state index in [1.54, 1.807) is 14.0 Å². The van der Waals surface area contributed by atoms with Crippen LogP contribution in [0, 0.1) is 5.92 Å². The maximum Gasteiger partial charge on any atom is 0.309 e. The van der Waals surface area contributed by atoms with Gasteiger partial charge in [-0.05, 0) is 13.0 Å². The molecular weight excluding hydrogens is 208 g/mol. The van der Waals surface area contributed by atoms with Crippen molar-refractivity contribution in [1.29, 1.82) is 0 Å². The topological polar surface area (TPSA) is 58.6 Å². The Hall–Kier alpha value is -1.10. The number of carbonyl (C=O) groups excluding carboxylic acids is 2. The van der Waals surface area contributed by atoms with E-state index in [1.807, 2.05) is 11.8 Å². The first-order valence-corrected chi connectivity index (χ1v) is 5.55. The molecule has 0 saturated carbocycles. The highest BCUT2D eigenvalue weighted by atomic mass is 16.5. The molecule has 0 aromatic heterocycles. The number of ether oxygens (including phenoxy) is 1. The molecule has 0 bridgehead atoms. The van der Waals surface area contributed by atoms with Crippen molar-refractivity contribution in [1.82, 2.24) is 10.2 Å². The molecule has 1 amide bonds. The molecule has 1 unspecified atom stereocenters. The lowest BCUT2D eigenvalue weighted by atomic mass is 10.1. The lowest BCUT2D eigenvalue weighted by Crippen LogP contribution is -2.40. The van der Waals surface area contributed by atoms with Crippen LogP contribution < -0.4 is 5.32 Å². The molecule has 0 aromatic rings. The third kappa shape index (κ3) is 5.70. The zero-order valence-electron chi connectivity index (χ0n) is 10.6. The van der Waals surface area contributed by atoms with Gasteiger partial charge in [-0.25, -0.2) is 0 Å². The zero-order valence-corrected chi connectivity index (χ0v) is 10.6. The smallest absolute Gasteiger partial charge is 0.309 e. The number of nitrogens with one attached hydrogen (secondary N) is 1. The van der Waals surface area contributed by atoms with Gasteiger partial charge in [0.2, 0.25) is 5.91 Å². The first kappa shape index (κ1) is 14.9. The van der Waals surface area contributed by atoms with Crippen molar-refractivity contribution in [2.75, 3.05) is 33.8 Å². The molecule has 5 heteroatoms. The second-order valence-corrected chi connectivity index (χ2v) is 3.83. The van der Waals surface area contributed by atoms with Gasteiger partial charge in [0.15, 0.2) is 0 Å². The van der Waals surface area contributed by atoms with E-state index in [0.29, 0.717) is 13.1 Å². The highest BCUT2D eigenvalue weighted by molar-refractivity contribution is 5.77. The molecule has 5 nitrogen and oxygen atoms in total. The zero-order chi connectivity index (χ0) is 12.6. The van der Waals surface area contributed by atoms with Crippen LogP contribution >= 0.6 is 0 Å². The molecule has 0 spiro atoms. The van der Waals surface area contributed by atoms with Crippen LogP contribution in [0.25, 0.3) is 0 Å². The van der Waals surface area contributed by atoms with Gasteiger partial charge in [-0.3, -0.25) is 14.5 Å². The Morgan fingerprint density at radius 1 is 1.44 bits per heavy atom. The highest BCUT2D eigenvalue weighted by Crippen LogP contribution is 2.03. The summed E-state index contributed by atoms with van der Waals surface area (Å²) < 4.78 is 4.66. The Kier molecular flexibility index (Phi) is 7.54. The van der Waals surface area contributed by atoms with Crippen molar-refractivity contribution in [3.63, 3.8) is 0 Å². The van der Waals surface area contributed by atoms with E-state index in [4.69, 9.17) is 0 Å². The number of hydrogen-bond donors (Lipinski definition) is 1. The number of rotatable bonds is 7. The molecule has 16 heavy (non-hydrogen) atoms. The van der Waals surface area contributed by atoms with Gasteiger partial charge in [-0.1, -0.05) is 13.8 Å². The minimum atomic E-state index is -0.238. The van der Waals surface area contributed by atoms with E-state index in [1.165, 1.54) is 7.11 Å². The summed E-state index contributed by atoms with van der Waals surface area (Å²) >= 11 is 0. The third-order valence-corrected chi connectivity index (χ3v) is 2.32. The van der Waals surface area contributed by atoms with Crippen LogP contribution in [0.1, 0.15) is 20.3 Å². The standard InChI is InChI=1S/C11H22N2O3/c1-5-6-13(8-10(14)12-3)7-9(2)11(15)16-4/h9H,5-8H2,1-4H3,(H,12,14). The third-order valence-electron chi connectivity index (χ3n) is 2.32.